The van der Waals surface area contributed by atoms with E-state index < -0.39 is 4.92 Å². The number of nitrogens with zero attached hydrogens (tertiary/aromatic N) is 4. The molecule has 0 amide bonds. The van der Waals surface area contributed by atoms with Crippen LogP contribution in [0.1, 0.15) is 19.7 Å². The minimum atomic E-state index is -0.520. The molecule has 20 heavy (non-hydrogen) atoms. The number of para-hydroxylation sites is 1. The largest absolute Gasteiger partial charge is 0.484 e. The standard InChI is InChI=1S/C13H12N4O3/c1-9(2)20-11-5-3-4-10(13(11)17(18)19)16-7-6-15-12(16)8-14/h3-7,9H,1-2H3. The van der Waals surface area contributed by atoms with Crippen LogP contribution in [0.15, 0.2) is 30.6 Å². The Labute approximate surface area is 115 Å². The topological polar surface area (TPSA) is 94.0 Å². The highest BCUT2D eigenvalue weighted by atomic mass is 16.6. The molecular formula is C13H12N4O3. The summed E-state index contributed by atoms with van der Waals surface area (Å²) in [7, 11) is 0. The first-order valence-corrected chi connectivity index (χ1v) is 5.92. The summed E-state index contributed by atoms with van der Waals surface area (Å²) in [4.78, 5) is 14.6. The van der Waals surface area contributed by atoms with Crippen LogP contribution in [0.5, 0.6) is 5.75 Å². The summed E-state index contributed by atoms with van der Waals surface area (Å²) >= 11 is 0. The predicted octanol–water partition coefficient (Wildman–Crippen LogP) is 2.44. The number of rotatable bonds is 4. The fourth-order valence-electron chi connectivity index (χ4n) is 1.82. The van der Waals surface area contributed by atoms with Gasteiger partial charge in [-0.1, -0.05) is 6.07 Å². The second kappa shape index (κ2) is 5.40. The third kappa shape index (κ3) is 2.44. The molecule has 0 saturated heterocycles. The van der Waals surface area contributed by atoms with Gasteiger partial charge in [0.1, 0.15) is 11.8 Å². The second-order valence-corrected chi connectivity index (χ2v) is 4.28. The van der Waals surface area contributed by atoms with E-state index in [2.05, 4.69) is 4.98 Å². The number of aromatic nitrogens is 2. The predicted molar refractivity (Wildman–Crippen MR) is 70.7 cm³/mol. The van der Waals surface area contributed by atoms with Gasteiger partial charge >= 0.3 is 5.69 Å². The van der Waals surface area contributed by atoms with Gasteiger partial charge in [0.25, 0.3) is 0 Å². The number of imidazole rings is 1. The molecule has 1 heterocycles. The molecule has 0 aliphatic rings. The fraction of sp³-hybridized carbons (Fsp3) is 0.231. The summed E-state index contributed by atoms with van der Waals surface area (Å²) in [6.07, 6.45) is 2.72. The number of nitro benzene ring substituents is 1. The van der Waals surface area contributed by atoms with Gasteiger partial charge in [-0.25, -0.2) is 4.98 Å². The first-order chi connectivity index (χ1) is 9.54. The van der Waals surface area contributed by atoms with Crippen LogP contribution in [-0.2, 0) is 0 Å². The summed E-state index contributed by atoms with van der Waals surface area (Å²) in [5, 5.41) is 20.3. The molecule has 0 aliphatic heterocycles. The van der Waals surface area contributed by atoms with Crippen molar-refractivity contribution in [2.75, 3.05) is 0 Å². The number of nitro groups is 1. The third-order valence-corrected chi connectivity index (χ3v) is 2.52. The van der Waals surface area contributed by atoms with E-state index in [9.17, 15) is 10.1 Å². The van der Waals surface area contributed by atoms with Gasteiger partial charge in [0.05, 0.1) is 11.0 Å². The lowest BCUT2D eigenvalue weighted by atomic mass is 10.2. The van der Waals surface area contributed by atoms with Gasteiger partial charge in [0, 0.05) is 12.4 Å². The molecule has 1 aromatic carbocycles. The van der Waals surface area contributed by atoms with Gasteiger partial charge in [0.15, 0.2) is 5.75 Å². The number of hydrogen-bond acceptors (Lipinski definition) is 5. The number of ether oxygens (including phenoxy) is 1. The Kier molecular flexibility index (Phi) is 3.66. The van der Waals surface area contributed by atoms with Crippen LogP contribution in [0.3, 0.4) is 0 Å². The lowest BCUT2D eigenvalue weighted by Crippen LogP contribution is -2.09. The molecule has 2 rings (SSSR count). The average molecular weight is 272 g/mol. The maximum atomic E-state index is 11.3. The summed E-state index contributed by atoms with van der Waals surface area (Å²) < 4.78 is 6.83. The molecule has 0 spiro atoms. The summed E-state index contributed by atoms with van der Waals surface area (Å²) in [5.74, 6) is 0.245. The molecule has 0 saturated carbocycles. The Balaban J connectivity index is 2.65. The highest BCUT2D eigenvalue weighted by Gasteiger charge is 2.24. The number of nitriles is 1. The van der Waals surface area contributed by atoms with Crippen LogP contribution in [0, 0.1) is 21.4 Å². The molecule has 0 N–H and O–H groups in total. The van der Waals surface area contributed by atoms with Crippen molar-refractivity contribution in [3.63, 3.8) is 0 Å². The average Bonchev–Trinajstić information content (AvgIpc) is 2.85. The molecule has 7 heteroatoms. The lowest BCUT2D eigenvalue weighted by Gasteiger charge is -2.12. The van der Waals surface area contributed by atoms with E-state index in [1.807, 2.05) is 6.07 Å². The maximum absolute atomic E-state index is 11.3. The van der Waals surface area contributed by atoms with Crippen molar-refractivity contribution in [2.45, 2.75) is 20.0 Å². The highest BCUT2D eigenvalue weighted by molar-refractivity contribution is 5.62. The molecule has 2 aromatic rings. The first-order valence-electron chi connectivity index (χ1n) is 5.92. The van der Waals surface area contributed by atoms with Gasteiger partial charge in [-0.3, -0.25) is 14.7 Å². The highest BCUT2D eigenvalue weighted by Crippen LogP contribution is 2.34. The van der Waals surface area contributed by atoms with Crippen LogP contribution in [-0.4, -0.2) is 20.6 Å². The molecule has 0 radical (unpaired) electrons. The van der Waals surface area contributed by atoms with Gasteiger partial charge in [-0.2, -0.15) is 5.26 Å². The van der Waals surface area contributed by atoms with Crippen LogP contribution in [0.4, 0.5) is 5.69 Å². The van der Waals surface area contributed by atoms with E-state index in [0.717, 1.165) is 0 Å². The Bertz CT molecular complexity index is 685. The monoisotopic (exact) mass is 272 g/mol. The van der Waals surface area contributed by atoms with E-state index in [0.29, 0.717) is 0 Å². The second-order valence-electron chi connectivity index (χ2n) is 4.28. The first kappa shape index (κ1) is 13.5. The molecule has 102 valence electrons. The number of hydrogen-bond donors (Lipinski definition) is 0. The van der Waals surface area contributed by atoms with Crippen LogP contribution >= 0.6 is 0 Å². The van der Waals surface area contributed by atoms with Crippen molar-refractivity contribution in [3.05, 3.63) is 46.5 Å². The minimum absolute atomic E-state index is 0.0785. The van der Waals surface area contributed by atoms with Crippen molar-refractivity contribution >= 4 is 5.69 Å². The Morgan fingerprint density at radius 3 is 2.85 bits per heavy atom. The van der Waals surface area contributed by atoms with E-state index in [1.54, 1.807) is 26.0 Å². The summed E-state index contributed by atoms with van der Waals surface area (Å²) in [6.45, 7) is 3.57. The van der Waals surface area contributed by atoms with Crippen LogP contribution in [0.25, 0.3) is 5.69 Å². The van der Waals surface area contributed by atoms with Crippen molar-refractivity contribution in [2.24, 2.45) is 0 Å². The Morgan fingerprint density at radius 1 is 1.50 bits per heavy atom. The zero-order valence-electron chi connectivity index (χ0n) is 11.0. The smallest absolute Gasteiger partial charge is 0.334 e. The molecule has 0 bridgehead atoms. The molecule has 0 atom stereocenters. The third-order valence-electron chi connectivity index (χ3n) is 2.52. The van der Waals surface area contributed by atoms with E-state index in [4.69, 9.17) is 10.00 Å². The fourth-order valence-corrected chi connectivity index (χ4v) is 1.82. The Morgan fingerprint density at radius 2 is 2.25 bits per heavy atom. The van der Waals surface area contributed by atoms with Gasteiger partial charge < -0.3 is 4.74 Å². The van der Waals surface area contributed by atoms with Crippen LogP contribution in [0.2, 0.25) is 0 Å². The van der Waals surface area contributed by atoms with Gasteiger partial charge in [-0.15, -0.1) is 0 Å². The minimum Gasteiger partial charge on any atom is -0.484 e. The summed E-state index contributed by atoms with van der Waals surface area (Å²) in [6, 6.07) is 6.61. The summed E-state index contributed by atoms with van der Waals surface area (Å²) in [5.41, 5.74) is 0.0675. The quantitative estimate of drug-likeness (QED) is 0.629. The van der Waals surface area contributed by atoms with Crippen molar-refractivity contribution in [3.8, 4) is 17.5 Å². The Hall–Kier alpha value is -2.88. The van der Waals surface area contributed by atoms with E-state index >= 15 is 0 Å². The van der Waals surface area contributed by atoms with Gasteiger partial charge in [-0.05, 0) is 26.0 Å². The molecule has 0 unspecified atom stereocenters. The normalized spacial score (nSPS) is 10.3. The zero-order valence-corrected chi connectivity index (χ0v) is 11.0. The molecule has 1 aromatic heterocycles. The number of benzene rings is 1. The molecule has 0 aliphatic carbocycles. The van der Waals surface area contributed by atoms with Crippen molar-refractivity contribution < 1.29 is 9.66 Å². The SMILES string of the molecule is CC(C)Oc1cccc(-n2ccnc2C#N)c1[N+](=O)[O-]. The van der Waals surface area contributed by atoms with Gasteiger partial charge in [0.2, 0.25) is 5.82 Å². The molecular weight excluding hydrogens is 260 g/mol. The van der Waals surface area contributed by atoms with Crippen molar-refractivity contribution in [1.82, 2.24) is 9.55 Å². The molecule has 7 nitrogen and oxygen atoms in total. The zero-order chi connectivity index (χ0) is 14.7. The van der Waals surface area contributed by atoms with E-state index in [1.165, 1.54) is 23.0 Å². The maximum Gasteiger partial charge on any atom is 0.334 e. The lowest BCUT2D eigenvalue weighted by molar-refractivity contribution is -0.385. The van der Waals surface area contributed by atoms with E-state index in [-0.39, 0.29) is 29.1 Å². The molecule has 0 fully saturated rings. The van der Waals surface area contributed by atoms with Crippen molar-refractivity contribution in [1.29, 1.82) is 5.26 Å². The van der Waals surface area contributed by atoms with Crippen LogP contribution < -0.4 is 4.74 Å².